The molecule has 4 heteroatoms. The Kier molecular flexibility index (Phi) is 5.12. The van der Waals surface area contributed by atoms with Crippen molar-refractivity contribution in [3.63, 3.8) is 0 Å². The second kappa shape index (κ2) is 7.28. The molecule has 1 aromatic heterocycles. The Balaban J connectivity index is 1.78. The van der Waals surface area contributed by atoms with E-state index in [0.29, 0.717) is 0 Å². The molecule has 0 bridgehead atoms. The minimum Gasteiger partial charge on any atom is -0.449 e. The van der Waals surface area contributed by atoms with E-state index in [1.165, 1.54) is 5.56 Å². The van der Waals surface area contributed by atoms with Gasteiger partial charge in [-0.25, -0.2) is 9.78 Å². The third kappa shape index (κ3) is 4.72. The predicted molar refractivity (Wildman–Crippen MR) is 76.0 cm³/mol. The lowest BCUT2D eigenvalue weighted by Gasteiger charge is -2.04. The van der Waals surface area contributed by atoms with Crippen LogP contribution in [0.25, 0.3) is 0 Å². The van der Waals surface area contributed by atoms with E-state index in [9.17, 15) is 4.79 Å². The second-order valence-corrected chi connectivity index (χ2v) is 4.56. The molecule has 2 rings (SSSR count). The number of ether oxygens (including phenoxy) is 1. The minimum atomic E-state index is -1.33. The SMILES string of the molecule is O=C(O)Oc1cc(CCCCc2ccccc2)ccn1. The van der Waals surface area contributed by atoms with Crippen LogP contribution in [0, 0.1) is 0 Å². The maximum atomic E-state index is 10.4. The van der Waals surface area contributed by atoms with Crippen LogP contribution in [0.2, 0.25) is 0 Å². The van der Waals surface area contributed by atoms with E-state index in [0.717, 1.165) is 31.2 Å². The number of hydrogen-bond acceptors (Lipinski definition) is 3. The number of rotatable bonds is 6. The number of carbonyl (C=O) groups is 1. The Morgan fingerprint density at radius 3 is 2.45 bits per heavy atom. The maximum absolute atomic E-state index is 10.4. The van der Waals surface area contributed by atoms with Crippen molar-refractivity contribution in [3.05, 3.63) is 59.8 Å². The van der Waals surface area contributed by atoms with Gasteiger partial charge in [-0.3, -0.25) is 0 Å². The number of aryl methyl sites for hydroxylation is 2. The lowest BCUT2D eigenvalue weighted by Crippen LogP contribution is -2.04. The first-order valence-electron chi connectivity index (χ1n) is 6.63. The van der Waals surface area contributed by atoms with E-state index in [1.807, 2.05) is 24.3 Å². The van der Waals surface area contributed by atoms with Crippen LogP contribution in [-0.4, -0.2) is 16.2 Å². The normalized spacial score (nSPS) is 10.2. The largest absolute Gasteiger partial charge is 0.512 e. The smallest absolute Gasteiger partial charge is 0.449 e. The van der Waals surface area contributed by atoms with Gasteiger partial charge in [0.05, 0.1) is 0 Å². The zero-order valence-corrected chi connectivity index (χ0v) is 11.2. The van der Waals surface area contributed by atoms with Gasteiger partial charge < -0.3 is 9.84 Å². The van der Waals surface area contributed by atoms with Crippen LogP contribution in [0.5, 0.6) is 5.88 Å². The highest BCUT2D eigenvalue weighted by Gasteiger charge is 2.03. The van der Waals surface area contributed by atoms with Crippen LogP contribution in [0.1, 0.15) is 24.0 Å². The lowest BCUT2D eigenvalue weighted by atomic mass is 10.0. The minimum absolute atomic E-state index is 0.137. The van der Waals surface area contributed by atoms with Gasteiger partial charge in [0.1, 0.15) is 0 Å². The van der Waals surface area contributed by atoms with E-state index in [-0.39, 0.29) is 5.88 Å². The molecule has 1 aromatic carbocycles. The molecule has 0 spiro atoms. The molecule has 0 aliphatic heterocycles. The van der Waals surface area contributed by atoms with Gasteiger partial charge in [0.25, 0.3) is 0 Å². The molecule has 0 saturated carbocycles. The molecule has 2 aromatic rings. The summed E-state index contributed by atoms with van der Waals surface area (Å²) in [6.45, 7) is 0. The molecular formula is C16H17NO3. The number of carboxylic acid groups (broad SMARTS) is 1. The summed E-state index contributed by atoms with van der Waals surface area (Å²) in [7, 11) is 0. The maximum Gasteiger partial charge on any atom is 0.512 e. The highest BCUT2D eigenvalue weighted by molar-refractivity contribution is 5.60. The van der Waals surface area contributed by atoms with E-state index >= 15 is 0 Å². The van der Waals surface area contributed by atoms with Crippen molar-refractivity contribution >= 4 is 6.16 Å². The predicted octanol–water partition coefficient (Wildman–Crippen LogP) is 3.70. The molecule has 1 heterocycles. The van der Waals surface area contributed by atoms with E-state index < -0.39 is 6.16 Å². The molecule has 0 fully saturated rings. The first-order chi connectivity index (χ1) is 9.74. The molecule has 4 nitrogen and oxygen atoms in total. The van der Waals surface area contributed by atoms with Crippen LogP contribution in [0.4, 0.5) is 4.79 Å². The first-order valence-corrected chi connectivity index (χ1v) is 6.63. The molecule has 0 saturated heterocycles. The fraction of sp³-hybridized carbons (Fsp3) is 0.250. The van der Waals surface area contributed by atoms with Crippen LogP contribution in [-0.2, 0) is 12.8 Å². The van der Waals surface area contributed by atoms with Gasteiger partial charge in [0, 0.05) is 12.3 Å². The Labute approximate surface area is 118 Å². The van der Waals surface area contributed by atoms with E-state index in [4.69, 9.17) is 5.11 Å². The molecule has 0 aliphatic rings. The van der Waals surface area contributed by atoms with Gasteiger partial charge in [-0.15, -0.1) is 0 Å². The Bertz CT molecular complexity index is 555. The van der Waals surface area contributed by atoms with Crippen molar-refractivity contribution in [2.75, 3.05) is 0 Å². The third-order valence-electron chi connectivity index (χ3n) is 3.01. The lowest BCUT2D eigenvalue weighted by molar-refractivity contribution is 0.142. The summed E-state index contributed by atoms with van der Waals surface area (Å²) < 4.78 is 4.54. The zero-order chi connectivity index (χ0) is 14.2. The second-order valence-electron chi connectivity index (χ2n) is 4.56. The van der Waals surface area contributed by atoms with Crippen molar-refractivity contribution in [3.8, 4) is 5.88 Å². The molecule has 0 amide bonds. The molecule has 20 heavy (non-hydrogen) atoms. The standard InChI is InChI=1S/C16H17NO3/c18-16(19)20-15-12-14(10-11-17-15)9-5-4-8-13-6-2-1-3-7-13/h1-3,6-7,10-12H,4-5,8-9H2,(H,18,19). The monoisotopic (exact) mass is 271 g/mol. The summed E-state index contributed by atoms with van der Waals surface area (Å²) in [5.74, 6) is 0.137. The number of nitrogens with zero attached hydrogens (tertiary/aromatic N) is 1. The van der Waals surface area contributed by atoms with Crippen molar-refractivity contribution in [2.45, 2.75) is 25.7 Å². The molecule has 0 aliphatic carbocycles. The molecule has 0 atom stereocenters. The van der Waals surface area contributed by atoms with Crippen LogP contribution in [0.3, 0.4) is 0 Å². The number of pyridine rings is 1. The average Bonchev–Trinajstić information content (AvgIpc) is 2.44. The highest BCUT2D eigenvalue weighted by Crippen LogP contribution is 2.13. The van der Waals surface area contributed by atoms with Gasteiger partial charge in [-0.05, 0) is 42.9 Å². The quantitative estimate of drug-likeness (QED) is 0.642. The summed E-state index contributed by atoms with van der Waals surface area (Å²) in [6, 6.07) is 13.9. The zero-order valence-electron chi connectivity index (χ0n) is 11.2. The number of hydrogen-bond donors (Lipinski definition) is 1. The van der Waals surface area contributed by atoms with Crippen molar-refractivity contribution in [1.29, 1.82) is 0 Å². The summed E-state index contributed by atoms with van der Waals surface area (Å²) >= 11 is 0. The fourth-order valence-corrected chi connectivity index (χ4v) is 2.05. The summed E-state index contributed by atoms with van der Waals surface area (Å²) in [6.07, 6.45) is 4.34. The summed E-state index contributed by atoms with van der Waals surface area (Å²) in [4.78, 5) is 14.3. The molecule has 0 unspecified atom stereocenters. The van der Waals surface area contributed by atoms with Crippen molar-refractivity contribution < 1.29 is 14.6 Å². The molecule has 0 radical (unpaired) electrons. The molecule has 1 N–H and O–H groups in total. The summed E-state index contributed by atoms with van der Waals surface area (Å²) in [5, 5.41) is 8.54. The van der Waals surface area contributed by atoms with Crippen molar-refractivity contribution in [2.24, 2.45) is 0 Å². The topological polar surface area (TPSA) is 59.4 Å². The van der Waals surface area contributed by atoms with Crippen molar-refractivity contribution in [1.82, 2.24) is 4.98 Å². The van der Waals surface area contributed by atoms with Gasteiger partial charge in [0.15, 0.2) is 0 Å². The Morgan fingerprint density at radius 2 is 1.75 bits per heavy atom. The number of benzene rings is 1. The fourth-order valence-electron chi connectivity index (χ4n) is 2.05. The van der Waals surface area contributed by atoms with Crippen LogP contribution in [0.15, 0.2) is 48.7 Å². The Hall–Kier alpha value is -2.36. The summed E-state index contributed by atoms with van der Waals surface area (Å²) in [5.41, 5.74) is 2.39. The van der Waals surface area contributed by atoms with Gasteiger partial charge in [0.2, 0.25) is 5.88 Å². The first kappa shape index (κ1) is 14.1. The average molecular weight is 271 g/mol. The van der Waals surface area contributed by atoms with Gasteiger partial charge in [-0.2, -0.15) is 0 Å². The van der Waals surface area contributed by atoms with Gasteiger partial charge >= 0.3 is 6.16 Å². The number of aromatic nitrogens is 1. The van der Waals surface area contributed by atoms with Gasteiger partial charge in [-0.1, -0.05) is 30.3 Å². The van der Waals surface area contributed by atoms with Crippen LogP contribution >= 0.6 is 0 Å². The van der Waals surface area contributed by atoms with E-state index in [1.54, 1.807) is 12.3 Å². The highest BCUT2D eigenvalue weighted by atomic mass is 16.7. The molecule has 104 valence electrons. The van der Waals surface area contributed by atoms with E-state index in [2.05, 4.69) is 21.9 Å². The van der Waals surface area contributed by atoms with Crippen LogP contribution < -0.4 is 4.74 Å². The molecular weight excluding hydrogens is 254 g/mol. The Morgan fingerprint density at radius 1 is 1.05 bits per heavy atom. The number of unbranched alkanes of at least 4 members (excludes halogenated alkanes) is 1. The third-order valence-corrected chi connectivity index (χ3v) is 3.01.